The van der Waals surface area contributed by atoms with Crippen molar-refractivity contribution >= 4 is 0 Å². The highest BCUT2D eigenvalue weighted by Crippen LogP contribution is 2.15. The minimum atomic E-state index is 0.864. The molecule has 0 bridgehead atoms. The van der Waals surface area contributed by atoms with Crippen molar-refractivity contribution in [3.05, 3.63) is 12.7 Å². The summed E-state index contributed by atoms with van der Waals surface area (Å²) in [7, 11) is 2.04. The lowest BCUT2D eigenvalue weighted by atomic mass is 9.98. The molecular formula is C11H22N2. The molecule has 1 aliphatic heterocycles. The van der Waals surface area contributed by atoms with Crippen LogP contribution in [0.3, 0.4) is 0 Å². The SMILES string of the molecule is C=CCCN1CCCC(CNC)C1. The fourth-order valence-electron chi connectivity index (χ4n) is 2.08. The lowest BCUT2D eigenvalue weighted by Crippen LogP contribution is -2.39. The molecule has 1 saturated heterocycles. The molecule has 0 spiro atoms. The Morgan fingerprint density at radius 1 is 1.62 bits per heavy atom. The van der Waals surface area contributed by atoms with E-state index in [1.54, 1.807) is 0 Å². The molecule has 0 saturated carbocycles. The molecule has 2 nitrogen and oxygen atoms in total. The zero-order valence-electron chi connectivity index (χ0n) is 8.76. The van der Waals surface area contributed by atoms with E-state index in [4.69, 9.17) is 0 Å². The van der Waals surface area contributed by atoms with Gasteiger partial charge in [-0.3, -0.25) is 0 Å². The van der Waals surface area contributed by atoms with Gasteiger partial charge in [-0.05, 0) is 45.3 Å². The fraction of sp³-hybridized carbons (Fsp3) is 0.818. The summed E-state index contributed by atoms with van der Waals surface area (Å²) in [4.78, 5) is 2.56. The van der Waals surface area contributed by atoms with Crippen LogP contribution in [0.5, 0.6) is 0 Å². The summed E-state index contributed by atoms with van der Waals surface area (Å²) in [5.41, 5.74) is 0. The molecule has 76 valence electrons. The molecule has 0 aromatic carbocycles. The monoisotopic (exact) mass is 182 g/mol. The molecule has 0 aromatic heterocycles. The third kappa shape index (κ3) is 3.92. The van der Waals surface area contributed by atoms with Crippen molar-refractivity contribution in [2.24, 2.45) is 5.92 Å². The maximum absolute atomic E-state index is 3.76. The Balaban J connectivity index is 2.20. The van der Waals surface area contributed by atoms with E-state index >= 15 is 0 Å². The van der Waals surface area contributed by atoms with Gasteiger partial charge in [0, 0.05) is 13.1 Å². The predicted molar refractivity (Wildman–Crippen MR) is 57.9 cm³/mol. The van der Waals surface area contributed by atoms with Crippen LogP contribution in [-0.4, -0.2) is 38.1 Å². The molecule has 1 N–H and O–H groups in total. The van der Waals surface area contributed by atoms with Gasteiger partial charge in [-0.15, -0.1) is 6.58 Å². The van der Waals surface area contributed by atoms with Crippen molar-refractivity contribution in [1.29, 1.82) is 0 Å². The Labute approximate surface area is 82.0 Å². The first kappa shape index (κ1) is 10.7. The van der Waals surface area contributed by atoms with Gasteiger partial charge in [0.1, 0.15) is 0 Å². The average Bonchev–Trinajstić information content (AvgIpc) is 2.16. The van der Waals surface area contributed by atoms with Gasteiger partial charge in [-0.2, -0.15) is 0 Å². The topological polar surface area (TPSA) is 15.3 Å². The number of rotatable bonds is 5. The van der Waals surface area contributed by atoms with E-state index in [9.17, 15) is 0 Å². The molecule has 0 aromatic rings. The fourth-order valence-corrected chi connectivity index (χ4v) is 2.08. The van der Waals surface area contributed by atoms with Gasteiger partial charge in [0.25, 0.3) is 0 Å². The first-order valence-electron chi connectivity index (χ1n) is 5.34. The third-order valence-electron chi connectivity index (χ3n) is 2.75. The second-order valence-electron chi connectivity index (χ2n) is 3.94. The van der Waals surface area contributed by atoms with Crippen LogP contribution in [0.4, 0.5) is 0 Å². The Morgan fingerprint density at radius 2 is 2.46 bits per heavy atom. The molecule has 0 amide bonds. The smallest absolute Gasteiger partial charge is 0.00219 e. The minimum Gasteiger partial charge on any atom is -0.319 e. The number of nitrogens with one attached hydrogen (secondary N) is 1. The van der Waals surface area contributed by atoms with Crippen LogP contribution in [0.2, 0.25) is 0 Å². The molecule has 2 heteroatoms. The Bertz CT molecular complexity index is 143. The van der Waals surface area contributed by atoms with E-state index in [0.717, 1.165) is 12.3 Å². The quantitative estimate of drug-likeness (QED) is 0.648. The number of piperidine rings is 1. The molecular weight excluding hydrogens is 160 g/mol. The first-order chi connectivity index (χ1) is 6.36. The lowest BCUT2D eigenvalue weighted by molar-refractivity contribution is 0.176. The number of hydrogen-bond donors (Lipinski definition) is 1. The Morgan fingerprint density at radius 3 is 3.15 bits per heavy atom. The zero-order chi connectivity index (χ0) is 9.52. The van der Waals surface area contributed by atoms with E-state index in [0.29, 0.717) is 0 Å². The summed E-state index contributed by atoms with van der Waals surface area (Å²) in [6.07, 6.45) is 5.91. The van der Waals surface area contributed by atoms with Gasteiger partial charge in [-0.1, -0.05) is 6.08 Å². The summed E-state index contributed by atoms with van der Waals surface area (Å²) in [5, 5.41) is 3.27. The molecule has 0 radical (unpaired) electrons. The number of nitrogens with zero attached hydrogens (tertiary/aromatic N) is 1. The van der Waals surface area contributed by atoms with E-state index in [1.165, 1.54) is 39.0 Å². The average molecular weight is 182 g/mol. The van der Waals surface area contributed by atoms with Gasteiger partial charge >= 0.3 is 0 Å². The predicted octanol–water partition coefficient (Wildman–Crippen LogP) is 1.49. The van der Waals surface area contributed by atoms with Crippen LogP contribution in [0, 0.1) is 5.92 Å². The van der Waals surface area contributed by atoms with Crippen molar-refractivity contribution in [3.8, 4) is 0 Å². The standard InChI is InChI=1S/C11H22N2/c1-3-4-7-13-8-5-6-11(10-13)9-12-2/h3,11-12H,1,4-10H2,2H3. The van der Waals surface area contributed by atoms with Crippen molar-refractivity contribution < 1.29 is 0 Å². The summed E-state index contributed by atoms with van der Waals surface area (Å²) >= 11 is 0. The normalized spacial score (nSPS) is 24.5. The lowest BCUT2D eigenvalue weighted by Gasteiger charge is -2.32. The second-order valence-corrected chi connectivity index (χ2v) is 3.94. The number of hydrogen-bond acceptors (Lipinski definition) is 2. The molecule has 1 unspecified atom stereocenters. The van der Waals surface area contributed by atoms with Crippen molar-refractivity contribution in [2.45, 2.75) is 19.3 Å². The van der Waals surface area contributed by atoms with Crippen molar-refractivity contribution in [1.82, 2.24) is 10.2 Å². The van der Waals surface area contributed by atoms with Gasteiger partial charge in [-0.25, -0.2) is 0 Å². The van der Waals surface area contributed by atoms with E-state index < -0.39 is 0 Å². The molecule has 13 heavy (non-hydrogen) atoms. The van der Waals surface area contributed by atoms with Crippen molar-refractivity contribution in [2.75, 3.05) is 33.2 Å². The maximum atomic E-state index is 3.76. The van der Waals surface area contributed by atoms with E-state index in [-0.39, 0.29) is 0 Å². The van der Waals surface area contributed by atoms with Crippen LogP contribution in [-0.2, 0) is 0 Å². The highest BCUT2D eigenvalue weighted by atomic mass is 15.1. The third-order valence-corrected chi connectivity index (χ3v) is 2.75. The Hall–Kier alpha value is -0.340. The molecule has 1 fully saturated rings. The highest BCUT2D eigenvalue weighted by Gasteiger charge is 2.17. The van der Waals surface area contributed by atoms with Crippen LogP contribution in [0.1, 0.15) is 19.3 Å². The van der Waals surface area contributed by atoms with Crippen LogP contribution in [0.15, 0.2) is 12.7 Å². The largest absolute Gasteiger partial charge is 0.319 e. The molecule has 1 atom stereocenters. The van der Waals surface area contributed by atoms with E-state index in [1.807, 2.05) is 13.1 Å². The summed E-state index contributed by atoms with van der Waals surface area (Å²) in [6.45, 7) is 8.69. The van der Waals surface area contributed by atoms with Crippen molar-refractivity contribution in [3.63, 3.8) is 0 Å². The highest BCUT2D eigenvalue weighted by molar-refractivity contribution is 4.76. The molecule has 1 rings (SSSR count). The van der Waals surface area contributed by atoms with Gasteiger partial charge in [0.15, 0.2) is 0 Å². The van der Waals surface area contributed by atoms with Gasteiger partial charge < -0.3 is 10.2 Å². The van der Waals surface area contributed by atoms with Gasteiger partial charge in [0.05, 0.1) is 0 Å². The summed E-state index contributed by atoms with van der Waals surface area (Å²) in [6, 6.07) is 0. The maximum Gasteiger partial charge on any atom is 0.00219 e. The minimum absolute atomic E-state index is 0.864. The summed E-state index contributed by atoms with van der Waals surface area (Å²) < 4.78 is 0. The second kappa shape index (κ2) is 6.17. The van der Waals surface area contributed by atoms with E-state index in [2.05, 4.69) is 16.8 Å². The van der Waals surface area contributed by atoms with Crippen LogP contribution < -0.4 is 5.32 Å². The van der Waals surface area contributed by atoms with Crippen LogP contribution in [0.25, 0.3) is 0 Å². The van der Waals surface area contributed by atoms with Crippen LogP contribution >= 0.6 is 0 Å². The molecule has 0 aliphatic carbocycles. The number of likely N-dealkylation sites (tertiary alicyclic amines) is 1. The Kier molecular flexibility index (Phi) is 5.09. The molecule has 1 aliphatic rings. The van der Waals surface area contributed by atoms with Gasteiger partial charge in [0.2, 0.25) is 0 Å². The molecule has 1 heterocycles. The first-order valence-corrected chi connectivity index (χ1v) is 5.34. The zero-order valence-corrected chi connectivity index (χ0v) is 8.76. The summed E-state index contributed by atoms with van der Waals surface area (Å²) in [5.74, 6) is 0.864.